The molecule has 1 fully saturated rings. The molecule has 0 N–H and O–H groups in total. The zero-order chi connectivity index (χ0) is 17.4. The third kappa shape index (κ3) is 1.57. The van der Waals surface area contributed by atoms with Gasteiger partial charge in [0.1, 0.15) is 4.87 Å². The molecule has 2 aromatic rings. The van der Waals surface area contributed by atoms with Gasteiger partial charge in [0.15, 0.2) is 11.6 Å². The van der Waals surface area contributed by atoms with Crippen molar-refractivity contribution < 1.29 is 9.59 Å². The highest BCUT2D eigenvalue weighted by Crippen LogP contribution is 2.74. The molecule has 124 valence electrons. The summed E-state index contributed by atoms with van der Waals surface area (Å²) in [5, 5.41) is 0. The fraction of sp³-hybridized carbons (Fsp3) is 0.273. The minimum Gasteiger partial charge on any atom is -0.294 e. The summed E-state index contributed by atoms with van der Waals surface area (Å²) in [7, 11) is 0. The Morgan fingerprint density at radius 1 is 0.920 bits per heavy atom. The van der Waals surface area contributed by atoms with Crippen molar-refractivity contribution in [3.05, 3.63) is 82.4 Å². The Labute approximate surface area is 151 Å². The van der Waals surface area contributed by atoms with E-state index in [1.54, 1.807) is 6.92 Å². The molecule has 3 aliphatic rings. The van der Waals surface area contributed by atoms with Crippen molar-refractivity contribution in [1.82, 2.24) is 0 Å². The van der Waals surface area contributed by atoms with Crippen LogP contribution < -0.4 is 0 Å². The number of benzene rings is 2. The average Bonchev–Trinajstić information content (AvgIpc) is 3.25. The number of aryl methyl sites for hydroxylation is 2. The van der Waals surface area contributed by atoms with Crippen LogP contribution in [0.1, 0.15) is 29.2 Å². The molecule has 0 aromatic heterocycles. The van der Waals surface area contributed by atoms with E-state index in [-0.39, 0.29) is 11.6 Å². The number of halogens is 1. The molecule has 0 heterocycles. The first-order valence-corrected chi connectivity index (χ1v) is 9.03. The molecule has 2 unspecified atom stereocenters. The number of rotatable bonds is 0. The summed E-state index contributed by atoms with van der Waals surface area (Å²) in [6.45, 7) is 1.72. The van der Waals surface area contributed by atoms with Crippen LogP contribution in [-0.4, -0.2) is 16.4 Å². The second-order valence-corrected chi connectivity index (χ2v) is 7.92. The van der Waals surface area contributed by atoms with Gasteiger partial charge in [-0.3, -0.25) is 9.59 Å². The average molecular weight is 349 g/mol. The van der Waals surface area contributed by atoms with E-state index in [0.29, 0.717) is 5.57 Å². The second kappa shape index (κ2) is 4.70. The van der Waals surface area contributed by atoms with E-state index in [1.165, 1.54) is 17.2 Å². The van der Waals surface area contributed by atoms with Crippen molar-refractivity contribution in [2.24, 2.45) is 5.92 Å². The highest BCUT2D eigenvalue weighted by molar-refractivity contribution is 6.47. The third-order valence-corrected chi connectivity index (χ3v) is 6.93. The summed E-state index contributed by atoms with van der Waals surface area (Å²) < 4.78 is 0. The van der Waals surface area contributed by atoms with Crippen molar-refractivity contribution in [3.63, 3.8) is 0 Å². The van der Waals surface area contributed by atoms with Gasteiger partial charge in [-0.1, -0.05) is 48.5 Å². The van der Waals surface area contributed by atoms with Crippen LogP contribution >= 0.6 is 11.6 Å². The molecule has 0 saturated heterocycles. The maximum Gasteiger partial charge on any atom is 0.179 e. The Bertz CT molecular complexity index is 940. The third-order valence-electron chi connectivity index (χ3n) is 6.23. The standard InChI is InChI=1S/C22H17ClO2/c1-13-12-18(24)22(23)20(19(13)25)21(22)16-8-4-2-6-14(16)10-11-15-7-3-5-9-17(15)21/h2-9,12,20H,10-11H2,1H3. The molecule has 25 heavy (non-hydrogen) atoms. The van der Waals surface area contributed by atoms with E-state index in [2.05, 4.69) is 24.3 Å². The molecule has 2 aromatic carbocycles. The molecule has 2 nitrogen and oxygen atoms in total. The largest absolute Gasteiger partial charge is 0.294 e. The zero-order valence-electron chi connectivity index (χ0n) is 13.9. The first kappa shape index (κ1) is 15.1. The van der Waals surface area contributed by atoms with Gasteiger partial charge in [0.25, 0.3) is 0 Å². The molecule has 3 aliphatic carbocycles. The van der Waals surface area contributed by atoms with Gasteiger partial charge >= 0.3 is 0 Å². The normalized spacial score (nSPS) is 28.6. The van der Waals surface area contributed by atoms with E-state index in [0.717, 1.165) is 24.0 Å². The van der Waals surface area contributed by atoms with Crippen molar-refractivity contribution in [2.75, 3.05) is 0 Å². The molecule has 2 atom stereocenters. The van der Waals surface area contributed by atoms with Crippen molar-refractivity contribution in [1.29, 1.82) is 0 Å². The monoisotopic (exact) mass is 348 g/mol. The molecule has 0 amide bonds. The molecule has 0 radical (unpaired) electrons. The van der Waals surface area contributed by atoms with Crippen molar-refractivity contribution >= 4 is 23.2 Å². The molecular formula is C22H17ClO2. The Balaban J connectivity index is 1.89. The Hall–Kier alpha value is -2.19. The Morgan fingerprint density at radius 3 is 2.00 bits per heavy atom. The fourth-order valence-electron chi connectivity index (χ4n) is 5.12. The van der Waals surface area contributed by atoms with Gasteiger partial charge in [-0.25, -0.2) is 0 Å². The maximum absolute atomic E-state index is 13.0. The number of Topliss-reactive ketones (excluding diaryl/α,β-unsaturated/α-hetero) is 1. The molecule has 1 spiro atoms. The number of fused-ring (bicyclic) bond motifs is 7. The number of carbonyl (C=O) groups is 2. The highest BCUT2D eigenvalue weighted by Gasteiger charge is 2.84. The number of carbonyl (C=O) groups excluding carboxylic acids is 2. The van der Waals surface area contributed by atoms with Gasteiger partial charge in [0, 0.05) is 0 Å². The van der Waals surface area contributed by atoms with Gasteiger partial charge < -0.3 is 0 Å². The summed E-state index contributed by atoms with van der Waals surface area (Å²) in [6, 6.07) is 16.3. The fourth-order valence-corrected chi connectivity index (χ4v) is 5.69. The minimum atomic E-state index is -1.19. The smallest absolute Gasteiger partial charge is 0.179 e. The molecular weight excluding hydrogens is 332 g/mol. The second-order valence-electron chi connectivity index (χ2n) is 7.32. The predicted molar refractivity (Wildman–Crippen MR) is 96.9 cm³/mol. The molecule has 0 bridgehead atoms. The first-order valence-electron chi connectivity index (χ1n) is 8.65. The van der Waals surface area contributed by atoms with Crippen LogP contribution in [0.25, 0.3) is 0 Å². The topological polar surface area (TPSA) is 34.1 Å². The number of hydrogen-bond acceptors (Lipinski definition) is 2. The molecule has 5 rings (SSSR count). The SMILES string of the molecule is CC1=CC(=O)C2(Cl)C(C1=O)C21c2ccccc2CCc2ccccc21. The van der Waals surface area contributed by atoms with Crippen LogP contribution in [0.15, 0.2) is 60.2 Å². The summed E-state index contributed by atoms with van der Waals surface area (Å²) in [5.74, 6) is -0.650. The first-order chi connectivity index (χ1) is 12.0. The van der Waals surface area contributed by atoms with Crippen LogP contribution in [-0.2, 0) is 27.8 Å². The molecule has 0 aliphatic heterocycles. The number of alkyl halides is 1. The number of allylic oxidation sites excluding steroid dienone is 2. The van der Waals surface area contributed by atoms with E-state index in [1.807, 2.05) is 24.3 Å². The summed E-state index contributed by atoms with van der Waals surface area (Å²) >= 11 is 7.01. The predicted octanol–water partition coefficient (Wildman–Crippen LogP) is 3.78. The maximum atomic E-state index is 13.0. The van der Waals surface area contributed by atoms with E-state index < -0.39 is 16.2 Å². The van der Waals surface area contributed by atoms with Crippen LogP contribution in [0.5, 0.6) is 0 Å². The van der Waals surface area contributed by atoms with Crippen LogP contribution in [0.3, 0.4) is 0 Å². The van der Waals surface area contributed by atoms with Gasteiger partial charge in [-0.15, -0.1) is 11.6 Å². The summed E-state index contributed by atoms with van der Waals surface area (Å²) in [6.07, 6.45) is 3.23. The lowest BCUT2D eigenvalue weighted by atomic mass is 9.80. The Kier molecular flexibility index (Phi) is 2.84. The molecule has 3 heteroatoms. The number of hydrogen-bond donors (Lipinski definition) is 0. The number of ketones is 2. The van der Waals surface area contributed by atoms with Crippen LogP contribution in [0, 0.1) is 5.92 Å². The van der Waals surface area contributed by atoms with Crippen molar-refractivity contribution in [3.8, 4) is 0 Å². The van der Waals surface area contributed by atoms with Crippen LogP contribution in [0.4, 0.5) is 0 Å². The van der Waals surface area contributed by atoms with Gasteiger partial charge in [0.05, 0.1) is 11.3 Å². The lowest BCUT2D eigenvalue weighted by Gasteiger charge is -2.23. The highest BCUT2D eigenvalue weighted by atomic mass is 35.5. The van der Waals surface area contributed by atoms with E-state index >= 15 is 0 Å². The van der Waals surface area contributed by atoms with Gasteiger partial charge in [-0.05, 0) is 53.7 Å². The molecule has 1 saturated carbocycles. The van der Waals surface area contributed by atoms with E-state index in [4.69, 9.17) is 11.6 Å². The lowest BCUT2D eigenvalue weighted by Crippen LogP contribution is -2.29. The van der Waals surface area contributed by atoms with Crippen molar-refractivity contribution in [2.45, 2.75) is 30.1 Å². The summed E-state index contributed by atoms with van der Waals surface area (Å²) in [5.41, 5.74) is 4.23. The lowest BCUT2D eigenvalue weighted by molar-refractivity contribution is -0.121. The van der Waals surface area contributed by atoms with Crippen LogP contribution in [0.2, 0.25) is 0 Å². The Morgan fingerprint density at radius 2 is 1.44 bits per heavy atom. The minimum absolute atomic E-state index is 0.00102. The quantitative estimate of drug-likeness (QED) is 0.679. The summed E-state index contributed by atoms with van der Waals surface area (Å²) in [4.78, 5) is 24.8. The van der Waals surface area contributed by atoms with Gasteiger partial charge in [-0.2, -0.15) is 0 Å². The van der Waals surface area contributed by atoms with E-state index in [9.17, 15) is 9.59 Å². The zero-order valence-corrected chi connectivity index (χ0v) is 14.6. The van der Waals surface area contributed by atoms with Gasteiger partial charge in [0.2, 0.25) is 0 Å².